The minimum Gasteiger partial charge on any atom is -0.481 e. The van der Waals surface area contributed by atoms with Crippen molar-refractivity contribution in [3.8, 4) is 0 Å². The van der Waals surface area contributed by atoms with Crippen LogP contribution in [-0.2, 0) is 4.79 Å². The molecule has 0 aliphatic carbocycles. The zero-order valence-electron chi connectivity index (χ0n) is 8.04. The summed E-state index contributed by atoms with van der Waals surface area (Å²) in [6.45, 7) is 0. The number of hydrogen-bond acceptors (Lipinski definition) is 3. The SMILES string of the molecule is [N-]=[N+]=NC(CCCC(=O)O)c1ccco1. The highest BCUT2D eigenvalue weighted by atomic mass is 16.4. The maximum Gasteiger partial charge on any atom is 0.303 e. The summed E-state index contributed by atoms with van der Waals surface area (Å²) < 4.78 is 5.09. The van der Waals surface area contributed by atoms with Crippen LogP contribution in [0.4, 0.5) is 0 Å². The number of furan rings is 1. The van der Waals surface area contributed by atoms with E-state index in [0.29, 0.717) is 18.6 Å². The minimum absolute atomic E-state index is 0.0676. The Morgan fingerprint density at radius 3 is 3.07 bits per heavy atom. The van der Waals surface area contributed by atoms with Crippen LogP contribution in [0.15, 0.2) is 27.9 Å². The fourth-order valence-electron chi connectivity index (χ4n) is 1.25. The van der Waals surface area contributed by atoms with E-state index in [9.17, 15) is 4.79 Å². The minimum atomic E-state index is -0.853. The van der Waals surface area contributed by atoms with E-state index in [4.69, 9.17) is 15.1 Å². The molecular weight excluding hydrogens is 198 g/mol. The fraction of sp³-hybridized carbons (Fsp3) is 0.444. The van der Waals surface area contributed by atoms with E-state index in [-0.39, 0.29) is 6.42 Å². The molecule has 1 atom stereocenters. The molecule has 15 heavy (non-hydrogen) atoms. The second-order valence-corrected chi connectivity index (χ2v) is 3.02. The normalized spacial score (nSPS) is 11.7. The molecule has 1 unspecified atom stereocenters. The standard InChI is InChI=1S/C9H11N3O3/c10-12-11-7(3-1-5-9(13)14)8-4-2-6-15-8/h2,4,6-7H,1,3,5H2,(H,13,14). The molecule has 0 fully saturated rings. The first-order chi connectivity index (χ1) is 7.24. The maximum atomic E-state index is 10.3. The van der Waals surface area contributed by atoms with Gasteiger partial charge >= 0.3 is 5.97 Å². The average Bonchev–Trinajstić information content (AvgIpc) is 2.68. The van der Waals surface area contributed by atoms with Crippen LogP contribution in [0.2, 0.25) is 0 Å². The maximum absolute atomic E-state index is 10.3. The van der Waals surface area contributed by atoms with Gasteiger partial charge in [0.05, 0.1) is 12.3 Å². The summed E-state index contributed by atoms with van der Waals surface area (Å²) in [5, 5.41) is 12.0. The lowest BCUT2D eigenvalue weighted by atomic mass is 10.1. The summed E-state index contributed by atoms with van der Waals surface area (Å²) in [6.07, 6.45) is 2.49. The molecule has 1 aromatic heterocycles. The summed E-state index contributed by atoms with van der Waals surface area (Å²) in [5.41, 5.74) is 8.34. The predicted octanol–water partition coefficient (Wildman–Crippen LogP) is 2.89. The van der Waals surface area contributed by atoms with Gasteiger partial charge in [0.25, 0.3) is 0 Å². The number of nitrogens with zero attached hydrogens (tertiary/aromatic N) is 3. The smallest absolute Gasteiger partial charge is 0.303 e. The molecule has 1 heterocycles. The van der Waals surface area contributed by atoms with Crippen LogP contribution in [0.5, 0.6) is 0 Å². The number of rotatable bonds is 6. The third-order valence-electron chi connectivity index (χ3n) is 1.93. The van der Waals surface area contributed by atoms with Gasteiger partial charge in [-0.1, -0.05) is 5.11 Å². The van der Waals surface area contributed by atoms with Crippen molar-refractivity contribution in [1.82, 2.24) is 0 Å². The molecule has 0 aromatic carbocycles. The fourth-order valence-corrected chi connectivity index (χ4v) is 1.25. The molecule has 0 spiro atoms. The summed E-state index contributed by atoms with van der Waals surface area (Å²) in [6, 6.07) is 3.00. The third kappa shape index (κ3) is 3.74. The Labute approximate surface area is 86.1 Å². The monoisotopic (exact) mass is 209 g/mol. The molecule has 0 aliphatic heterocycles. The summed E-state index contributed by atoms with van der Waals surface area (Å²) in [7, 11) is 0. The second kappa shape index (κ2) is 5.72. The van der Waals surface area contributed by atoms with Crippen LogP contribution in [0, 0.1) is 0 Å². The number of carboxylic acids is 1. The van der Waals surface area contributed by atoms with Gasteiger partial charge in [0.15, 0.2) is 0 Å². The van der Waals surface area contributed by atoms with E-state index in [1.165, 1.54) is 6.26 Å². The van der Waals surface area contributed by atoms with E-state index >= 15 is 0 Å². The lowest BCUT2D eigenvalue weighted by molar-refractivity contribution is -0.137. The molecule has 6 nitrogen and oxygen atoms in total. The highest BCUT2D eigenvalue weighted by Gasteiger charge is 2.12. The Balaban J connectivity index is 2.52. The Morgan fingerprint density at radius 2 is 2.53 bits per heavy atom. The van der Waals surface area contributed by atoms with Crippen molar-refractivity contribution >= 4 is 5.97 Å². The molecule has 1 N–H and O–H groups in total. The lowest BCUT2D eigenvalue weighted by Gasteiger charge is -2.06. The van der Waals surface area contributed by atoms with Crippen LogP contribution in [0.25, 0.3) is 10.4 Å². The molecule has 80 valence electrons. The Morgan fingerprint density at radius 1 is 1.73 bits per heavy atom. The molecule has 0 bridgehead atoms. The zero-order chi connectivity index (χ0) is 11.1. The van der Waals surface area contributed by atoms with Crippen molar-refractivity contribution in [3.05, 3.63) is 34.6 Å². The van der Waals surface area contributed by atoms with Crippen LogP contribution in [0.3, 0.4) is 0 Å². The number of hydrogen-bond donors (Lipinski definition) is 1. The Hall–Kier alpha value is -1.94. The Bertz CT molecular complexity index is 355. The van der Waals surface area contributed by atoms with Gasteiger partial charge in [-0.05, 0) is 30.5 Å². The lowest BCUT2D eigenvalue weighted by Crippen LogP contribution is -1.98. The van der Waals surface area contributed by atoms with Gasteiger partial charge in [0.1, 0.15) is 5.76 Å². The van der Waals surface area contributed by atoms with Crippen LogP contribution in [0.1, 0.15) is 31.1 Å². The van der Waals surface area contributed by atoms with E-state index < -0.39 is 12.0 Å². The number of aliphatic carboxylic acids is 1. The molecule has 0 amide bonds. The molecule has 0 saturated carbocycles. The van der Waals surface area contributed by atoms with Gasteiger partial charge in [0, 0.05) is 11.3 Å². The molecular formula is C9H11N3O3. The summed E-state index contributed by atoms with van der Waals surface area (Å²) >= 11 is 0. The van der Waals surface area contributed by atoms with Crippen LogP contribution in [-0.4, -0.2) is 11.1 Å². The first-order valence-electron chi connectivity index (χ1n) is 4.53. The van der Waals surface area contributed by atoms with Crippen molar-refractivity contribution in [1.29, 1.82) is 0 Å². The number of carboxylic acid groups (broad SMARTS) is 1. The van der Waals surface area contributed by atoms with Crippen molar-refractivity contribution in [2.45, 2.75) is 25.3 Å². The van der Waals surface area contributed by atoms with Gasteiger partial charge < -0.3 is 9.52 Å². The zero-order valence-corrected chi connectivity index (χ0v) is 8.04. The second-order valence-electron chi connectivity index (χ2n) is 3.02. The highest BCUT2D eigenvalue weighted by Crippen LogP contribution is 2.23. The molecule has 1 rings (SSSR count). The van der Waals surface area contributed by atoms with E-state index in [1.807, 2.05) is 0 Å². The molecule has 0 aliphatic rings. The van der Waals surface area contributed by atoms with E-state index in [2.05, 4.69) is 10.0 Å². The first kappa shape index (κ1) is 11.1. The highest BCUT2D eigenvalue weighted by molar-refractivity contribution is 5.66. The van der Waals surface area contributed by atoms with Gasteiger partial charge in [-0.3, -0.25) is 4.79 Å². The van der Waals surface area contributed by atoms with Crippen LogP contribution < -0.4 is 0 Å². The first-order valence-corrected chi connectivity index (χ1v) is 4.53. The van der Waals surface area contributed by atoms with E-state index in [0.717, 1.165) is 0 Å². The largest absolute Gasteiger partial charge is 0.481 e. The average molecular weight is 209 g/mol. The van der Waals surface area contributed by atoms with Crippen molar-refractivity contribution in [2.75, 3.05) is 0 Å². The van der Waals surface area contributed by atoms with Gasteiger partial charge in [0.2, 0.25) is 0 Å². The van der Waals surface area contributed by atoms with Gasteiger partial charge in [-0.25, -0.2) is 0 Å². The predicted molar refractivity (Wildman–Crippen MR) is 52.1 cm³/mol. The Kier molecular flexibility index (Phi) is 4.25. The quantitative estimate of drug-likeness (QED) is 0.442. The number of carbonyl (C=O) groups is 1. The number of azide groups is 1. The third-order valence-corrected chi connectivity index (χ3v) is 1.93. The molecule has 0 saturated heterocycles. The van der Waals surface area contributed by atoms with Crippen molar-refractivity contribution in [3.63, 3.8) is 0 Å². The molecule has 0 radical (unpaired) electrons. The topological polar surface area (TPSA) is 99.2 Å². The van der Waals surface area contributed by atoms with Crippen molar-refractivity contribution in [2.24, 2.45) is 5.11 Å². The molecule has 6 heteroatoms. The molecule has 1 aromatic rings. The van der Waals surface area contributed by atoms with Crippen molar-refractivity contribution < 1.29 is 14.3 Å². The van der Waals surface area contributed by atoms with Gasteiger partial charge in [-0.15, -0.1) is 0 Å². The summed E-state index contributed by atoms with van der Waals surface area (Å²) in [5.74, 6) is -0.285. The van der Waals surface area contributed by atoms with Crippen LogP contribution >= 0.6 is 0 Å². The van der Waals surface area contributed by atoms with Gasteiger partial charge in [-0.2, -0.15) is 0 Å². The summed E-state index contributed by atoms with van der Waals surface area (Å²) in [4.78, 5) is 13.0. The van der Waals surface area contributed by atoms with E-state index in [1.54, 1.807) is 12.1 Å².